The molecule has 0 aliphatic carbocycles. The van der Waals surface area contributed by atoms with E-state index < -0.39 is 8.80 Å². The van der Waals surface area contributed by atoms with Gasteiger partial charge >= 0.3 is 8.80 Å². The summed E-state index contributed by atoms with van der Waals surface area (Å²) in [6.07, 6.45) is 0.921. The Morgan fingerprint density at radius 3 is 2.09 bits per heavy atom. The van der Waals surface area contributed by atoms with Crippen molar-refractivity contribution in [1.29, 1.82) is 0 Å². The third-order valence-corrected chi connectivity index (χ3v) is 6.33. The van der Waals surface area contributed by atoms with Crippen LogP contribution in [0, 0.1) is 0 Å². The van der Waals surface area contributed by atoms with Gasteiger partial charge in [0, 0.05) is 32.4 Å². The lowest BCUT2D eigenvalue weighted by Crippen LogP contribution is -2.46. The molecule has 1 aromatic rings. The van der Waals surface area contributed by atoms with Gasteiger partial charge in [-0.15, -0.1) is 0 Å². The number of anilines is 1. The second-order valence-corrected chi connectivity index (χ2v) is 7.44. The number of rotatable bonds is 12. The van der Waals surface area contributed by atoms with Gasteiger partial charge in [0.25, 0.3) is 0 Å². The molecule has 0 saturated carbocycles. The SMILES string of the molecule is CCO[Si](CCCNc1ccccc1OC)(OCC)OCC. The van der Waals surface area contributed by atoms with E-state index in [1.165, 1.54) is 0 Å². The molecule has 0 aromatic heterocycles. The van der Waals surface area contributed by atoms with E-state index in [9.17, 15) is 0 Å². The minimum Gasteiger partial charge on any atom is -0.495 e. The van der Waals surface area contributed by atoms with E-state index in [0.717, 1.165) is 30.4 Å². The molecule has 0 saturated heterocycles. The Kier molecular flexibility index (Phi) is 9.15. The lowest BCUT2D eigenvalue weighted by atomic mass is 10.3. The van der Waals surface area contributed by atoms with Crippen molar-refractivity contribution in [2.75, 3.05) is 38.8 Å². The first-order valence-corrected chi connectivity index (χ1v) is 9.93. The molecule has 5 nitrogen and oxygen atoms in total. The Bertz CT molecular complexity index is 400. The van der Waals surface area contributed by atoms with Gasteiger partial charge in [0.05, 0.1) is 12.8 Å². The van der Waals surface area contributed by atoms with E-state index in [0.29, 0.717) is 19.8 Å². The van der Waals surface area contributed by atoms with Crippen LogP contribution in [0.5, 0.6) is 5.75 Å². The smallest absolute Gasteiger partial charge is 0.495 e. The molecular formula is C16H29NO4Si. The molecule has 0 aliphatic rings. The van der Waals surface area contributed by atoms with Gasteiger partial charge in [0.1, 0.15) is 5.75 Å². The van der Waals surface area contributed by atoms with Crippen molar-refractivity contribution in [3.63, 3.8) is 0 Å². The highest BCUT2D eigenvalue weighted by molar-refractivity contribution is 6.60. The molecule has 0 unspecified atom stereocenters. The number of nitrogens with one attached hydrogen (secondary N) is 1. The standard InChI is InChI=1S/C16H29NO4Si/c1-5-19-22(20-6-2,21-7-3)14-10-13-17-15-11-8-9-12-16(15)18-4/h8-9,11-12,17H,5-7,10,13-14H2,1-4H3. The van der Waals surface area contributed by atoms with Crippen molar-refractivity contribution in [1.82, 2.24) is 0 Å². The summed E-state index contributed by atoms with van der Waals surface area (Å²) in [7, 11) is -0.849. The zero-order valence-corrected chi connectivity index (χ0v) is 15.2. The van der Waals surface area contributed by atoms with Crippen LogP contribution in [0.15, 0.2) is 24.3 Å². The van der Waals surface area contributed by atoms with Crippen molar-refractivity contribution in [2.45, 2.75) is 33.2 Å². The molecule has 0 amide bonds. The average molecular weight is 327 g/mol. The Hall–Kier alpha value is -1.08. The van der Waals surface area contributed by atoms with Gasteiger partial charge < -0.3 is 23.3 Å². The lowest BCUT2D eigenvalue weighted by Gasteiger charge is -2.28. The van der Waals surface area contributed by atoms with E-state index in [4.69, 9.17) is 18.0 Å². The number of ether oxygens (including phenoxy) is 1. The minimum atomic E-state index is -2.53. The molecule has 1 N–H and O–H groups in total. The monoisotopic (exact) mass is 327 g/mol. The molecule has 1 rings (SSSR count). The van der Waals surface area contributed by atoms with Crippen LogP contribution in [0.25, 0.3) is 0 Å². The Balaban J connectivity index is 2.51. The first kappa shape index (κ1) is 19.0. The van der Waals surface area contributed by atoms with Crippen molar-refractivity contribution in [2.24, 2.45) is 0 Å². The van der Waals surface area contributed by atoms with Crippen LogP contribution in [0.1, 0.15) is 27.2 Å². The normalized spacial score (nSPS) is 11.5. The second-order valence-electron chi connectivity index (χ2n) is 4.71. The van der Waals surface area contributed by atoms with Crippen LogP contribution < -0.4 is 10.1 Å². The average Bonchev–Trinajstić information content (AvgIpc) is 2.53. The van der Waals surface area contributed by atoms with Gasteiger partial charge in [-0.1, -0.05) is 12.1 Å². The van der Waals surface area contributed by atoms with Crippen LogP contribution >= 0.6 is 0 Å². The number of para-hydroxylation sites is 2. The summed E-state index contributed by atoms with van der Waals surface area (Å²) < 4.78 is 22.9. The van der Waals surface area contributed by atoms with Crippen molar-refractivity contribution >= 4 is 14.5 Å². The Morgan fingerprint density at radius 2 is 1.55 bits per heavy atom. The van der Waals surface area contributed by atoms with E-state index in [2.05, 4.69) is 5.32 Å². The third kappa shape index (κ3) is 5.96. The maximum Gasteiger partial charge on any atom is 0.500 e. The summed E-state index contributed by atoms with van der Waals surface area (Å²) in [5.74, 6) is 0.852. The van der Waals surface area contributed by atoms with E-state index in [1.54, 1.807) is 7.11 Å². The van der Waals surface area contributed by atoms with Gasteiger partial charge in [-0.2, -0.15) is 0 Å². The zero-order valence-electron chi connectivity index (χ0n) is 14.2. The lowest BCUT2D eigenvalue weighted by molar-refractivity contribution is 0.0710. The molecule has 0 bridgehead atoms. The number of hydrogen-bond donors (Lipinski definition) is 1. The maximum absolute atomic E-state index is 5.85. The molecule has 0 fully saturated rings. The second kappa shape index (κ2) is 10.6. The molecule has 0 atom stereocenters. The van der Waals surface area contributed by atoms with E-state index in [1.807, 2.05) is 45.0 Å². The van der Waals surface area contributed by atoms with Crippen LogP contribution in [0.2, 0.25) is 6.04 Å². The van der Waals surface area contributed by atoms with Gasteiger partial charge in [0.15, 0.2) is 0 Å². The first-order valence-electron chi connectivity index (χ1n) is 8.00. The summed E-state index contributed by atoms with van der Waals surface area (Å²) in [6.45, 7) is 8.61. The predicted molar refractivity (Wildman–Crippen MR) is 91.5 cm³/mol. The van der Waals surface area contributed by atoms with E-state index in [-0.39, 0.29) is 0 Å². The summed E-state index contributed by atoms with van der Waals surface area (Å²) in [6, 6.07) is 8.72. The number of benzene rings is 1. The highest BCUT2D eigenvalue weighted by Crippen LogP contribution is 2.24. The van der Waals surface area contributed by atoms with Gasteiger partial charge in [-0.25, -0.2) is 0 Å². The minimum absolute atomic E-state index is 0.617. The van der Waals surface area contributed by atoms with Crippen LogP contribution in [0.4, 0.5) is 5.69 Å². The maximum atomic E-state index is 5.85. The molecule has 0 radical (unpaired) electrons. The number of methoxy groups -OCH3 is 1. The summed E-state index contributed by atoms with van der Waals surface area (Å²) >= 11 is 0. The summed E-state index contributed by atoms with van der Waals surface area (Å²) in [4.78, 5) is 0. The molecule has 0 spiro atoms. The third-order valence-electron chi connectivity index (χ3n) is 3.17. The summed E-state index contributed by atoms with van der Waals surface area (Å²) in [5, 5.41) is 3.39. The van der Waals surface area contributed by atoms with Crippen LogP contribution in [-0.4, -0.2) is 42.3 Å². The summed E-state index contributed by atoms with van der Waals surface area (Å²) in [5.41, 5.74) is 1.00. The fraction of sp³-hybridized carbons (Fsp3) is 0.625. The number of hydrogen-bond acceptors (Lipinski definition) is 5. The van der Waals surface area contributed by atoms with Crippen molar-refractivity contribution in [3.8, 4) is 5.75 Å². The van der Waals surface area contributed by atoms with Crippen LogP contribution in [0.3, 0.4) is 0 Å². The molecular weight excluding hydrogens is 298 g/mol. The molecule has 0 aliphatic heterocycles. The predicted octanol–water partition coefficient (Wildman–Crippen LogP) is 3.55. The molecule has 6 heteroatoms. The van der Waals surface area contributed by atoms with E-state index >= 15 is 0 Å². The van der Waals surface area contributed by atoms with Gasteiger partial charge in [-0.3, -0.25) is 0 Å². The molecule has 1 aromatic carbocycles. The van der Waals surface area contributed by atoms with Crippen molar-refractivity contribution in [3.05, 3.63) is 24.3 Å². The largest absolute Gasteiger partial charge is 0.500 e. The molecule has 0 heterocycles. The Morgan fingerprint density at radius 1 is 0.955 bits per heavy atom. The first-order chi connectivity index (χ1) is 10.7. The quantitative estimate of drug-likeness (QED) is 0.470. The topological polar surface area (TPSA) is 49.0 Å². The van der Waals surface area contributed by atoms with Gasteiger partial charge in [-0.05, 0) is 39.3 Å². The fourth-order valence-electron chi connectivity index (χ4n) is 2.32. The highest BCUT2D eigenvalue weighted by Gasteiger charge is 2.39. The van der Waals surface area contributed by atoms with Crippen LogP contribution in [-0.2, 0) is 13.3 Å². The zero-order chi connectivity index (χ0) is 16.3. The molecule has 22 heavy (non-hydrogen) atoms. The fourth-order valence-corrected chi connectivity index (χ4v) is 4.93. The molecule has 126 valence electrons. The van der Waals surface area contributed by atoms with Crippen molar-refractivity contribution < 1.29 is 18.0 Å². The highest BCUT2D eigenvalue weighted by atomic mass is 28.4. The van der Waals surface area contributed by atoms with Gasteiger partial charge in [0.2, 0.25) is 0 Å². The Labute approximate surface area is 135 Å².